The molecular formula is C24H28N6OS. The number of carbonyl (C=O) groups excluding carboxylic acids is 1. The maximum absolute atomic E-state index is 12.7. The van der Waals surface area contributed by atoms with Gasteiger partial charge in [0.2, 0.25) is 0 Å². The minimum Gasteiger partial charge on any atom is -0.350 e. The summed E-state index contributed by atoms with van der Waals surface area (Å²) in [5, 5.41) is 11.3. The third-order valence-electron chi connectivity index (χ3n) is 6.37. The van der Waals surface area contributed by atoms with Crippen molar-refractivity contribution in [3.63, 3.8) is 0 Å². The summed E-state index contributed by atoms with van der Waals surface area (Å²) >= 11 is 1.42. The predicted molar refractivity (Wildman–Crippen MR) is 128 cm³/mol. The number of amides is 1. The van der Waals surface area contributed by atoms with Crippen LogP contribution in [-0.2, 0) is 27.1 Å². The highest BCUT2D eigenvalue weighted by molar-refractivity contribution is 7.13. The van der Waals surface area contributed by atoms with E-state index in [0.717, 1.165) is 44.6 Å². The second-order valence-corrected chi connectivity index (χ2v) is 9.56. The summed E-state index contributed by atoms with van der Waals surface area (Å²) in [6, 6.07) is 8.62. The number of benzene rings is 1. The minimum absolute atomic E-state index is 0.128. The summed E-state index contributed by atoms with van der Waals surface area (Å²) in [7, 11) is 3.99. The number of aryl methyl sites for hydroxylation is 2. The number of anilines is 1. The molecular weight excluding hydrogens is 420 g/mol. The van der Waals surface area contributed by atoms with Gasteiger partial charge in [0, 0.05) is 55.5 Å². The lowest BCUT2D eigenvalue weighted by Gasteiger charge is -2.31. The van der Waals surface area contributed by atoms with Gasteiger partial charge in [-0.05, 0) is 49.9 Å². The van der Waals surface area contributed by atoms with E-state index in [1.54, 1.807) is 10.9 Å². The van der Waals surface area contributed by atoms with E-state index in [0.29, 0.717) is 16.6 Å². The summed E-state index contributed by atoms with van der Waals surface area (Å²) in [5.74, 6) is 0.413. The Balaban J connectivity index is 1.20. The number of likely N-dealkylation sites (tertiary alicyclic amines) is 1. The summed E-state index contributed by atoms with van der Waals surface area (Å²) in [6.07, 6.45) is 8.84. The van der Waals surface area contributed by atoms with Crippen molar-refractivity contribution in [2.45, 2.75) is 25.8 Å². The average molecular weight is 449 g/mol. The minimum atomic E-state index is -0.128. The van der Waals surface area contributed by atoms with E-state index in [1.807, 2.05) is 18.6 Å². The van der Waals surface area contributed by atoms with Crippen LogP contribution in [0.2, 0.25) is 0 Å². The Bertz CT molecular complexity index is 1220. The van der Waals surface area contributed by atoms with Crippen molar-refractivity contribution in [2.75, 3.05) is 18.4 Å². The van der Waals surface area contributed by atoms with Crippen LogP contribution < -0.4 is 5.32 Å². The molecule has 4 aromatic rings. The average Bonchev–Trinajstić information content (AvgIpc) is 3.50. The van der Waals surface area contributed by atoms with Gasteiger partial charge in [0.05, 0.1) is 11.3 Å². The third kappa shape index (κ3) is 4.33. The highest BCUT2D eigenvalue weighted by Gasteiger charge is 2.24. The van der Waals surface area contributed by atoms with Crippen molar-refractivity contribution in [1.82, 2.24) is 24.2 Å². The molecule has 1 N–H and O–H groups in total. The van der Waals surface area contributed by atoms with Gasteiger partial charge >= 0.3 is 0 Å². The van der Waals surface area contributed by atoms with Crippen LogP contribution in [-0.4, -0.2) is 43.2 Å². The second-order valence-electron chi connectivity index (χ2n) is 8.66. The molecule has 0 spiro atoms. The van der Waals surface area contributed by atoms with Gasteiger partial charge < -0.3 is 4.57 Å². The number of fused-ring (bicyclic) bond motifs is 1. The molecule has 32 heavy (non-hydrogen) atoms. The molecule has 5 rings (SSSR count). The number of carbonyl (C=O) groups is 1. The zero-order valence-electron chi connectivity index (χ0n) is 18.5. The predicted octanol–water partition coefficient (Wildman–Crippen LogP) is 4.08. The fourth-order valence-electron chi connectivity index (χ4n) is 4.74. The third-order valence-corrected chi connectivity index (χ3v) is 7.05. The number of rotatable bonds is 6. The lowest BCUT2D eigenvalue weighted by molar-refractivity contribution is 0.102. The smallest absolute Gasteiger partial charge is 0.260 e. The van der Waals surface area contributed by atoms with Crippen molar-refractivity contribution in [2.24, 2.45) is 20.0 Å². The Morgan fingerprint density at radius 2 is 2.00 bits per heavy atom. The summed E-state index contributed by atoms with van der Waals surface area (Å²) in [4.78, 5) is 19.4. The first-order valence-corrected chi connectivity index (χ1v) is 11.9. The van der Waals surface area contributed by atoms with Crippen molar-refractivity contribution in [3.8, 4) is 0 Å². The number of hydrogen-bond acceptors (Lipinski definition) is 5. The SMILES string of the molecule is Cn1cc(C(=O)Nc2nccs2)c(CC2CCN(Cc3cn(C)c4ccccc34)CC2)n1. The van der Waals surface area contributed by atoms with Crippen molar-refractivity contribution in [3.05, 3.63) is 65.1 Å². The molecule has 0 aliphatic carbocycles. The standard InChI is InChI=1S/C24H28N6OS/c1-28-14-18(19-5-3-4-6-22(19)28)15-30-10-7-17(8-11-30)13-21-20(16-29(2)27-21)23(31)26-24-25-9-12-32-24/h3-6,9,12,14,16-17H,7-8,10-11,13,15H2,1-2H3,(H,25,26,31). The van der Waals surface area contributed by atoms with E-state index in [4.69, 9.17) is 0 Å². The molecule has 1 fully saturated rings. The van der Waals surface area contributed by atoms with Crippen LogP contribution in [0.15, 0.2) is 48.2 Å². The lowest BCUT2D eigenvalue weighted by atomic mass is 9.91. The van der Waals surface area contributed by atoms with Gasteiger partial charge in [-0.25, -0.2) is 4.98 Å². The Kier molecular flexibility index (Phi) is 5.80. The Morgan fingerprint density at radius 3 is 2.78 bits per heavy atom. The highest BCUT2D eigenvalue weighted by Crippen LogP contribution is 2.27. The van der Waals surface area contributed by atoms with Crippen LogP contribution >= 0.6 is 11.3 Å². The van der Waals surface area contributed by atoms with Crippen molar-refractivity contribution in [1.29, 1.82) is 0 Å². The fourth-order valence-corrected chi connectivity index (χ4v) is 5.26. The number of thiazole rings is 1. The maximum atomic E-state index is 12.7. The van der Waals surface area contributed by atoms with Gasteiger partial charge in [-0.2, -0.15) is 5.10 Å². The van der Waals surface area contributed by atoms with E-state index < -0.39 is 0 Å². The van der Waals surface area contributed by atoms with Gasteiger partial charge in [0.25, 0.3) is 5.91 Å². The number of aromatic nitrogens is 4. The molecule has 7 nitrogen and oxygen atoms in total. The first kappa shape index (κ1) is 20.9. The van der Waals surface area contributed by atoms with Gasteiger partial charge in [-0.15, -0.1) is 11.3 Å². The summed E-state index contributed by atoms with van der Waals surface area (Å²) in [5.41, 5.74) is 4.22. The molecule has 0 atom stereocenters. The monoisotopic (exact) mass is 448 g/mol. The van der Waals surface area contributed by atoms with E-state index in [2.05, 4.69) is 62.4 Å². The quantitative estimate of drug-likeness (QED) is 0.483. The first-order chi connectivity index (χ1) is 15.6. The van der Waals surface area contributed by atoms with Crippen molar-refractivity contribution < 1.29 is 4.79 Å². The number of piperidine rings is 1. The van der Waals surface area contributed by atoms with E-state index >= 15 is 0 Å². The molecule has 0 radical (unpaired) electrons. The number of hydrogen-bond donors (Lipinski definition) is 1. The molecule has 3 aromatic heterocycles. The van der Waals surface area contributed by atoms with Gasteiger partial charge in [0.15, 0.2) is 5.13 Å². The molecule has 1 saturated heterocycles. The number of nitrogens with one attached hydrogen (secondary N) is 1. The molecule has 0 unspecified atom stereocenters. The van der Waals surface area contributed by atoms with Gasteiger partial charge in [0.1, 0.15) is 0 Å². The maximum Gasteiger partial charge on any atom is 0.260 e. The van der Waals surface area contributed by atoms with E-state index in [-0.39, 0.29) is 5.91 Å². The zero-order chi connectivity index (χ0) is 22.1. The van der Waals surface area contributed by atoms with Crippen LogP contribution in [0.1, 0.15) is 34.5 Å². The molecule has 1 aliphatic heterocycles. The topological polar surface area (TPSA) is 68.0 Å². The molecule has 0 bridgehead atoms. The van der Waals surface area contributed by atoms with Crippen LogP contribution in [0, 0.1) is 5.92 Å². The fraction of sp³-hybridized carbons (Fsp3) is 0.375. The summed E-state index contributed by atoms with van der Waals surface area (Å²) in [6.45, 7) is 3.13. The van der Waals surface area contributed by atoms with Crippen LogP contribution in [0.25, 0.3) is 10.9 Å². The Labute approximate surface area is 191 Å². The van der Waals surface area contributed by atoms with Crippen LogP contribution in [0.3, 0.4) is 0 Å². The van der Waals surface area contributed by atoms with Crippen LogP contribution in [0.4, 0.5) is 5.13 Å². The van der Waals surface area contributed by atoms with E-state index in [1.165, 1.54) is 27.8 Å². The molecule has 8 heteroatoms. The number of para-hydroxylation sites is 1. The Hall–Kier alpha value is -2.97. The highest BCUT2D eigenvalue weighted by atomic mass is 32.1. The van der Waals surface area contributed by atoms with Crippen molar-refractivity contribution >= 4 is 33.3 Å². The second kappa shape index (κ2) is 8.88. The van der Waals surface area contributed by atoms with E-state index in [9.17, 15) is 4.79 Å². The molecule has 1 aliphatic rings. The molecule has 0 saturated carbocycles. The Morgan fingerprint density at radius 1 is 1.19 bits per heavy atom. The number of nitrogens with zero attached hydrogens (tertiary/aromatic N) is 5. The van der Waals surface area contributed by atoms with Gasteiger partial charge in [-0.3, -0.25) is 19.7 Å². The molecule has 1 amide bonds. The summed E-state index contributed by atoms with van der Waals surface area (Å²) < 4.78 is 3.96. The normalized spacial score (nSPS) is 15.4. The molecule has 166 valence electrons. The van der Waals surface area contributed by atoms with Gasteiger partial charge in [-0.1, -0.05) is 18.2 Å². The molecule has 4 heterocycles. The molecule has 1 aromatic carbocycles. The zero-order valence-corrected chi connectivity index (χ0v) is 19.3. The first-order valence-electron chi connectivity index (χ1n) is 11.1. The largest absolute Gasteiger partial charge is 0.350 e. The van der Waals surface area contributed by atoms with Crippen LogP contribution in [0.5, 0.6) is 0 Å². The lowest BCUT2D eigenvalue weighted by Crippen LogP contribution is -2.34.